The molecule has 106 valence electrons. The van der Waals surface area contributed by atoms with E-state index >= 15 is 0 Å². The highest BCUT2D eigenvalue weighted by molar-refractivity contribution is 6.22. The normalized spacial score (nSPS) is 20.3. The van der Waals surface area contributed by atoms with Crippen molar-refractivity contribution in [2.45, 2.75) is 24.1 Å². The van der Waals surface area contributed by atoms with Gasteiger partial charge in [0, 0.05) is 5.56 Å². The third kappa shape index (κ3) is 3.15. The average molecular weight is 297 g/mol. The largest absolute Gasteiger partial charge is 0.378 e. The molecule has 0 bridgehead atoms. The number of amides is 2. The second-order valence-electron chi connectivity index (χ2n) is 4.48. The van der Waals surface area contributed by atoms with E-state index in [1.807, 2.05) is 0 Å². The van der Waals surface area contributed by atoms with E-state index in [1.54, 1.807) is 12.1 Å². The van der Waals surface area contributed by atoms with Crippen LogP contribution in [0, 0.1) is 0 Å². The van der Waals surface area contributed by atoms with Gasteiger partial charge in [-0.3, -0.25) is 14.4 Å². The Bertz CT molecular complexity index is 541. The predicted molar refractivity (Wildman–Crippen MR) is 71.1 cm³/mol. The zero-order chi connectivity index (χ0) is 14.7. The Labute approximate surface area is 120 Å². The minimum absolute atomic E-state index is 0.130. The van der Waals surface area contributed by atoms with Crippen LogP contribution >= 0.6 is 11.6 Å². The second-order valence-corrected chi connectivity index (χ2v) is 4.95. The van der Waals surface area contributed by atoms with Crippen LogP contribution in [0.25, 0.3) is 0 Å². The van der Waals surface area contributed by atoms with Gasteiger partial charge in [0.2, 0.25) is 5.91 Å². The molecule has 3 atom stereocenters. The van der Waals surface area contributed by atoms with Gasteiger partial charge >= 0.3 is 0 Å². The van der Waals surface area contributed by atoms with Crippen LogP contribution in [0.15, 0.2) is 24.3 Å². The van der Waals surface area contributed by atoms with E-state index in [0.717, 1.165) is 0 Å². The highest BCUT2D eigenvalue weighted by Crippen LogP contribution is 2.17. The Kier molecular flexibility index (Phi) is 4.36. The first-order valence-electron chi connectivity index (χ1n) is 5.98. The molecule has 2 rings (SSSR count). The summed E-state index contributed by atoms with van der Waals surface area (Å²) in [6.45, 7) is 0. The summed E-state index contributed by atoms with van der Waals surface area (Å²) in [5.74, 6) is -0.816. The number of halogens is 1. The number of β-lactam (4-membered cyclic amide) rings is 1. The Morgan fingerprint density at radius 1 is 1.55 bits per heavy atom. The molecule has 1 aromatic carbocycles. The zero-order valence-electron chi connectivity index (χ0n) is 10.4. The molecule has 7 heteroatoms. The Morgan fingerprint density at radius 2 is 2.25 bits per heavy atom. The fourth-order valence-corrected chi connectivity index (χ4v) is 2.09. The van der Waals surface area contributed by atoms with Crippen LogP contribution in [-0.4, -0.2) is 34.7 Å². The lowest BCUT2D eigenvalue weighted by molar-refractivity contribution is -0.132. The molecule has 3 unspecified atom stereocenters. The molecule has 0 saturated carbocycles. The van der Waals surface area contributed by atoms with E-state index in [1.165, 1.54) is 12.1 Å². The molecule has 3 N–H and O–H groups in total. The topological polar surface area (TPSA) is 95.5 Å². The van der Waals surface area contributed by atoms with Gasteiger partial charge in [0.25, 0.3) is 5.91 Å². The summed E-state index contributed by atoms with van der Waals surface area (Å²) < 4.78 is 0. The molecule has 1 aromatic rings. The molecule has 1 aliphatic heterocycles. The van der Waals surface area contributed by atoms with E-state index in [-0.39, 0.29) is 18.4 Å². The number of hydrogen-bond donors (Lipinski definition) is 3. The van der Waals surface area contributed by atoms with Crippen LogP contribution in [0.4, 0.5) is 0 Å². The average Bonchev–Trinajstić information content (AvgIpc) is 2.42. The molecule has 2 amide bonds. The monoisotopic (exact) mass is 296 g/mol. The summed E-state index contributed by atoms with van der Waals surface area (Å²) in [6, 6.07) is 5.76. The Balaban J connectivity index is 1.97. The quantitative estimate of drug-likeness (QED) is 0.311. The van der Waals surface area contributed by atoms with Gasteiger partial charge in [0.05, 0.1) is 12.5 Å². The molecule has 0 spiro atoms. The number of carbonyl (C=O) groups is 3. The molecule has 1 aliphatic rings. The highest BCUT2D eigenvalue weighted by Gasteiger charge is 2.33. The van der Waals surface area contributed by atoms with Gasteiger partial charge in [-0.05, 0) is 11.6 Å². The van der Waals surface area contributed by atoms with Gasteiger partial charge in [0.1, 0.15) is 11.8 Å². The summed E-state index contributed by atoms with van der Waals surface area (Å²) in [5, 5.41) is 14.9. The summed E-state index contributed by atoms with van der Waals surface area (Å²) >= 11 is 5.92. The van der Waals surface area contributed by atoms with Crippen molar-refractivity contribution in [3.05, 3.63) is 35.4 Å². The van der Waals surface area contributed by atoms with Crippen LogP contribution in [0.5, 0.6) is 0 Å². The third-order valence-electron chi connectivity index (χ3n) is 3.00. The first kappa shape index (κ1) is 14.5. The van der Waals surface area contributed by atoms with Crippen molar-refractivity contribution in [3.8, 4) is 0 Å². The van der Waals surface area contributed by atoms with E-state index in [2.05, 4.69) is 10.6 Å². The van der Waals surface area contributed by atoms with Crippen LogP contribution in [0.2, 0.25) is 0 Å². The minimum atomic E-state index is -1.42. The lowest BCUT2D eigenvalue weighted by atomic mass is 10.0. The van der Waals surface area contributed by atoms with Crippen LogP contribution in [0.3, 0.4) is 0 Å². The fraction of sp³-hybridized carbons (Fsp3) is 0.308. The number of carbonyl (C=O) groups excluding carboxylic acids is 3. The second kappa shape index (κ2) is 6.02. The van der Waals surface area contributed by atoms with Crippen LogP contribution in [0.1, 0.15) is 28.4 Å². The van der Waals surface area contributed by atoms with E-state index in [9.17, 15) is 19.5 Å². The summed E-state index contributed by atoms with van der Waals surface area (Å²) in [6.07, 6.45) is -0.556. The van der Waals surface area contributed by atoms with Gasteiger partial charge in [0.15, 0.2) is 6.10 Å². The van der Waals surface area contributed by atoms with Crippen molar-refractivity contribution < 1.29 is 19.5 Å². The standard InChI is InChI=1S/C13H13ClN2O4/c14-12(9-5-10(18)15-9)16-13(20)11(19)8-3-1-2-7(4-8)6-17/h1-4,6,9,11-12,19H,5H2,(H,15,18)(H,16,20). The predicted octanol–water partition coefficient (Wildman–Crippen LogP) is 0.102. The first-order chi connectivity index (χ1) is 9.51. The van der Waals surface area contributed by atoms with Gasteiger partial charge in [-0.1, -0.05) is 29.8 Å². The number of benzene rings is 1. The van der Waals surface area contributed by atoms with Crippen molar-refractivity contribution in [2.75, 3.05) is 0 Å². The maximum Gasteiger partial charge on any atom is 0.254 e. The van der Waals surface area contributed by atoms with Crippen molar-refractivity contribution in [2.24, 2.45) is 0 Å². The smallest absolute Gasteiger partial charge is 0.254 e. The van der Waals surface area contributed by atoms with Crippen molar-refractivity contribution in [1.29, 1.82) is 0 Å². The number of aliphatic hydroxyl groups is 1. The lowest BCUT2D eigenvalue weighted by Gasteiger charge is -2.31. The van der Waals surface area contributed by atoms with E-state index in [0.29, 0.717) is 17.4 Å². The number of hydrogen-bond acceptors (Lipinski definition) is 4. The van der Waals surface area contributed by atoms with Gasteiger partial charge in [-0.25, -0.2) is 0 Å². The number of rotatable bonds is 5. The molecular formula is C13H13ClN2O4. The fourth-order valence-electron chi connectivity index (χ4n) is 1.83. The lowest BCUT2D eigenvalue weighted by Crippen LogP contribution is -2.58. The van der Waals surface area contributed by atoms with E-state index < -0.39 is 17.5 Å². The summed E-state index contributed by atoms with van der Waals surface area (Å²) in [4.78, 5) is 33.2. The molecule has 1 heterocycles. The first-order valence-corrected chi connectivity index (χ1v) is 6.42. The van der Waals surface area contributed by atoms with Crippen LogP contribution in [-0.2, 0) is 9.59 Å². The summed E-state index contributed by atoms with van der Waals surface area (Å²) in [7, 11) is 0. The third-order valence-corrected chi connectivity index (χ3v) is 3.41. The van der Waals surface area contributed by atoms with Crippen molar-refractivity contribution in [1.82, 2.24) is 10.6 Å². The van der Waals surface area contributed by atoms with Crippen molar-refractivity contribution >= 4 is 29.7 Å². The Morgan fingerprint density at radius 3 is 2.85 bits per heavy atom. The molecule has 0 aliphatic carbocycles. The summed E-state index contributed by atoms with van der Waals surface area (Å²) in [5.41, 5.74) is -0.124. The highest BCUT2D eigenvalue weighted by atomic mass is 35.5. The molecule has 6 nitrogen and oxygen atoms in total. The maximum atomic E-state index is 11.8. The molecule has 0 aromatic heterocycles. The molecular weight excluding hydrogens is 284 g/mol. The molecule has 1 fully saturated rings. The minimum Gasteiger partial charge on any atom is -0.378 e. The zero-order valence-corrected chi connectivity index (χ0v) is 11.1. The van der Waals surface area contributed by atoms with E-state index in [4.69, 9.17) is 11.6 Å². The number of alkyl halides is 1. The van der Waals surface area contributed by atoms with Gasteiger partial charge < -0.3 is 15.7 Å². The molecule has 20 heavy (non-hydrogen) atoms. The maximum absolute atomic E-state index is 11.8. The van der Waals surface area contributed by atoms with Crippen molar-refractivity contribution in [3.63, 3.8) is 0 Å². The van der Waals surface area contributed by atoms with Gasteiger partial charge in [-0.15, -0.1) is 0 Å². The SMILES string of the molecule is O=Cc1cccc(C(O)C(=O)NC(Cl)C2CC(=O)N2)c1. The Hall–Kier alpha value is -1.92. The number of aldehydes is 1. The molecule has 1 saturated heterocycles. The van der Waals surface area contributed by atoms with Gasteiger partial charge in [-0.2, -0.15) is 0 Å². The van der Waals surface area contributed by atoms with Crippen LogP contribution < -0.4 is 10.6 Å². The molecule has 0 radical (unpaired) electrons. The number of aliphatic hydroxyl groups excluding tert-OH is 1. The number of nitrogens with one attached hydrogen (secondary N) is 2.